The minimum absolute atomic E-state index is 0.00942. The van der Waals surface area contributed by atoms with E-state index in [0.29, 0.717) is 13.0 Å². The fourth-order valence-electron chi connectivity index (χ4n) is 1.31. The van der Waals surface area contributed by atoms with Crippen LogP contribution in [0.25, 0.3) is 4.85 Å². The molecule has 0 aliphatic heterocycles. The van der Waals surface area contributed by atoms with Crippen LogP contribution in [0.5, 0.6) is 0 Å². The molecule has 5 heteroatoms. The van der Waals surface area contributed by atoms with Crippen molar-refractivity contribution in [2.75, 3.05) is 12.3 Å². The van der Waals surface area contributed by atoms with Gasteiger partial charge in [0.2, 0.25) is 11.4 Å². The van der Waals surface area contributed by atoms with Crippen LogP contribution in [0.1, 0.15) is 34.1 Å². The number of thioether (sulfide) groups is 1. The molecule has 0 saturated carbocycles. The number of hydrogen-bond donors (Lipinski definition) is 2. The maximum atomic E-state index is 12.0. The van der Waals surface area contributed by atoms with E-state index in [1.165, 1.54) is 11.8 Å². The first-order chi connectivity index (χ1) is 7.82. The summed E-state index contributed by atoms with van der Waals surface area (Å²) >= 11 is 1.53. The largest absolute Gasteiger partial charge is 0.353 e. The summed E-state index contributed by atoms with van der Waals surface area (Å²) in [5.74, 6) is 0.750. The van der Waals surface area contributed by atoms with Gasteiger partial charge < -0.3 is 15.9 Å². The maximum absolute atomic E-state index is 12.0. The second-order valence-electron chi connectivity index (χ2n) is 4.94. The Morgan fingerprint density at radius 2 is 2.12 bits per heavy atom. The molecule has 0 rings (SSSR count). The zero-order valence-electron chi connectivity index (χ0n) is 11.1. The molecule has 0 aromatic carbocycles. The Labute approximate surface area is 109 Å². The highest BCUT2D eigenvalue weighted by atomic mass is 32.2. The Balaban J connectivity index is 4.53. The van der Waals surface area contributed by atoms with E-state index in [9.17, 15) is 4.79 Å². The molecule has 0 fully saturated rings. The van der Waals surface area contributed by atoms with Gasteiger partial charge in [0.1, 0.15) is 0 Å². The van der Waals surface area contributed by atoms with Crippen molar-refractivity contribution in [1.29, 1.82) is 0 Å². The van der Waals surface area contributed by atoms with E-state index < -0.39 is 5.54 Å². The number of rotatable bonds is 7. The van der Waals surface area contributed by atoms with Crippen molar-refractivity contribution >= 4 is 17.7 Å². The van der Waals surface area contributed by atoms with Crippen LogP contribution in [0.15, 0.2) is 0 Å². The summed E-state index contributed by atoms with van der Waals surface area (Å²) in [5.41, 5.74) is 4.96. The summed E-state index contributed by atoms with van der Waals surface area (Å²) in [6, 6.07) is 0.125. The molecule has 1 atom stereocenters. The lowest BCUT2D eigenvalue weighted by molar-refractivity contribution is -0.121. The summed E-state index contributed by atoms with van der Waals surface area (Å²) in [6.45, 7) is 15.3. The molecule has 0 heterocycles. The number of nitrogens with two attached hydrogens (primary N) is 1. The van der Waals surface area contributed by atoms with Crippen molar-refractivity contribution in [3.8, 4) is 0 Å². The fourth-order valence-corrected chi connectivity index (χ4v) is 2.48. The van der Waals surface area contributed by atoms with Gasteiger partial charge in [-0.15, -0.1) is 11.8 Å². The quantitative estimate of drug-likeness (QED) is 0.682. The molecule has 0 aromatic rings. The summed E-state index contributed by atoms with van der Waals surface area (Å²) in [6.07, 6.45) is 0.555. The molecule has 4 nitrogen and oxygen atoms in total. The van der Waals surface area contributed by atoms with Crippen molar-refractivity contribution in [3.63, 3.8) is 0 Å². The average Bonchev–Trinajstić information content (AvgIpc) is 2.23. The number of nitrogens with one attached hydrogen (secondary N) is 1. The number of hydrogen-bond acceptors (Lipinski definition) is 3. The molecule has 0 spiro atoms. The highest BCUT2D eigenvalue weighted by molar-refractivity contribution is 8.00. The van der Waals surface area contributed by atoms with E-state index in [4.69, 9.17) is 12.3 Å². The number of carbonyl (C=O) groups is 1. The highest BCUT2D eigenvalue weighted by Gasteiger charge is 2.32. The molecular formula is C12H23N3OS. The maximum Gasteiger partial charge on any atom is 0.233 e. The summed E-state index contributed by atoms with van der Waals surface area (Å²) in [5, 5.41) is 2.71. The Kier molecular flexibility index (Phi) is 7.24. The van der Waals surface area contributed by atoms with Crippen LogP contribution >= 0.6 is 11.8 Å². The molecule has 17 heavy (non-hydrogen) atoms. The molecule has 0 aromatic heterocycles. The second kappa shape index (κ2) is 7.57. The zero-order valence-corrected chi connectivity index (χ0v) is 11.9. The minimum Gasteiger partial charge on any atom is -0.353 e. The van der Waals surface area contributed by atoms with Gasteiger partial charge in [0.05, 0.1) is 5.25 Å². The first kappa shape index (κ1) is 16.3. The van der Waals surface area contributed by atoms with E-state index in [1.807, 2.05) is 27.7 Å². The van der Waals surface area contributed by atoms with Crippen LogP contribution in [0.4, 0.5) is 0 Å². The molecule has 0 aliphatic rings. The average molecular weight is 257 g/mol. The van der Waals surface area contributed by atoms with Crippen molar-refractivity contribution in [3.05, 3.63) is 11.4 Å². The standard InChI is InChI=1S/C12H23N3OS/c1-9(2)15-11(16)10(17-7-6-13)8-12(3,4)14-5/h9-10H,6-8,13H2,1-4H3,(H,15,16). The van der Waals surface area contributed by atoms with Gasteiger partial charge in [0, 0.05) is 38.6 Å². The normalized spacial score (nSPS) is 13.2. The van der Waals surface area contributed by atoms with Crippen LogP contribution in [-0.4, -0.2) is 35.0 Å². The molecule has 0 aliphatic carbocycles. The van der Waals surface area contributed by atoms with Crippen LogP contribution in [-0.2, 0) is 4.79 Å². The number of nitrogens with zero attached hydrogens (tertiary/aromatic N) is 1. The van der Waals surface area contributed by atoms with Crippen molar-refractivity contribution in [2.24, 2.45) is 5.73 Å². The van der Waals surface area contributed by atoms with Crippen LogP contribution < -0.4 is 11.1 Å². The van der Waals surface area contributed by atoms with Crippen LogP contribution in [0, 0.1) is 6.57 Å². The summed E-state index contributed by atoms with van der Waals surface area (Å²) in [7, 11) is 0. The number of amides is 1. The predicted octanol–water partition coefficient (Wildman–Crippen LogP) is 1.66. The molecule has 1 amide bonds. The van der Waals surface area contributed by atoms with Crippen molar-refractivity contribution in [2.45, 2.75) is 50.9 Å². The highest BCUT2D eigenvalue weighted by Crippen LogP contribution is 2.25. The molecule has 0 bridgehead atoms. The van der Waals surface area contributed by atoms with Gasteiger partial charge >= 0.3 is 0 Å². The Hall–Kier alpha value is -0.730. The lowest BCUT2D eigenvalue weighted by Gasteiger charge is -2.21. The fraction of sp³-hybridized carbons (Fsp3) is 0.833. The van der Waals surface area contributed by atoms with Crippen LogP contribution in [0.3, 0.4) is 0 Å². The third-order valence-electron chi connectivity index (χ3n) is 2.15. The smallest absolute Gasteiger partial charge is 0.233 e. The van der Waals surface area contributed by atoms with Crippen molar-refractivity contribution in [1.82, 2.24) is 5.32 Å². The predicted molar refractivity (Wildman–Crippen MR) is 73.9 cm³/mol. The third kappa shape index (κ3) is 7.24. The third-order valence-corrected chi connectivity index (χ3v) is 3.40. The van der Waals surface area contributed by atoms with Gasteiger partial charge in [-0.3, -0.25) is 4.79 Å². The number of carbonyl (C=O) groups excluding carboxylic acids is 1. The van der Waals surface area contributed by atoms with E-state index in [-0.39, 0.29) is 17.2 Å². The molecule has 1 unspecified atom stereocenters. The van der Waals surface area contributed by atoms with Gasteiger partial charge in [-0.2, -0.15) is 0 Å². The first-order valence-electron chi connectivity index (χ1n) is 5.83. The van der Waals surface area contributed by atoms with E-state index in [0.717, 1.165) is 5.75 Å². The van der Waals surface area contributed by atoms with Gasteiger partial charge in [-0.1, -0.05) is 0 Å². The first-order valence-corrected chi connectivity index (χ1v) is 6.88. The molecule has 98 valence electrons. The van der Waals surface area contributed by atoms with E-state index in [2.05, 4.69) is 10.2 Å². The van der Waals surface area contributed by atoms with Gasteiger partial charge in [0.15, 0.2) is 0 Å². The monoisotopic (exact) mass is 257 g/mol. The Bertz CT molecular complexity index is 284. The van der Waals surface area contributed by atoms with Gasteiger partial charge in [0.25, 0.3) is 0 Å². The van der Waals surface area contributed by atoms with Gasteiger partial charge in [-0.25, -0.2) is 6.57 Å². The molecule has 3 N–H and O–H groups in total. The second-order valence-corrected chi connectivity index (χ2v) is 6.25. The SMILES string of the molecule is [C-]#[N+]C(C)(C)CC(SCCN)C(=O)NC(C)C. The topological polar surface area (TPSA) is 59.5 Å². The van der Waals surface area contributed by atoms with Crippen LogP contribution in [0.2, 0.25) is 0 Å². The minimum atomic E-state index is -0.499. The molecular weight excluding hydrogens is 234 g/mol. The van der Waals surface area contributed by atoms with E-state index >= 15 is 0 Å². The zero-order chi connectivity index (χ0) is 13.5. The summed E-state index contributed by atoms with van der Waals surface area (Å²) in [4.78, 5) is 15.5. The Morgan fingerprint density at radius 3 is 2.53 bits per heavy atom. The molecule has 0 saturated heterocycles. The lowest BCUT2D eigenvalue weighted by Crippen LogP contribution is -2.40. The molecule has 0 radical (unpaired) electrons. The van der Waals surface area contributed by atoms with Gasteiger partial charge in [-0.05, 0) is 13.8 Å². The van der Waals surface area contributed by atoms with Crippen molar-refractivity contribution < 1.29 is 4.79 Å². The summed E-state index contributed by atoms with van der Waals surface area (Å²) < 4.78 is 0. The lowest BCUT2D eigenvalue weighted by atomic mass is 9.99. The van der Waals surface area contributed by atoms with E-state index in [1.54, 1.807) is 0 Å². The Morgan fingerprint density at radius 1 is 1.53 bits per heavy atom.